The van der Waals surface area contributed by atoms with Gasteiger partial charge in [0.15, 0.2) is 0 Å². The van der Waals surface area contributed by atoms with Gasteiger partial charge in [0, 0.05) is 5.69 Å². The predicted octanol–water partition coefficient (Wildman–Crippen LogP) is 1.36. The topological polar surface area (TPSA) is 55.4 Å². The lowest BCUT2D eigenvalue weighted by Gasteiger charge is -2.04. The van der Waals surface area contributed by atoms with Crippen molar-refractivity contribution in [2.45, 2.75) is 13.3 Å². The highest BCUT2D eigenvalue weighted by atomic mass is 16.5. The summed E-state index contributed by atoms with van der Waals surface area (Å²) in [5.74, 6) is -1.66. The second-order valence-corrected chi connectivity index (χ2v) is 3.00. The summed E-state index contributed by atoms with van der Waals surface area (Å²) in [5, 5.41) is 2.43. The average Bonchev–Trinajstić information content (AvgIpc) is 2.29. The van der Waals surface area contributed by atoms with Crippen LogP contribution in [0.3, 0.4) is 0 Å². The highest BCUT2D eigenvalue weighted by Crippen LogP contribution is 2.09. The lowest BCUT2D eigenvalue weighted by Crippen LogP contribution is -2.23. The normalized spacial score (nSPS) is 9.47. The van der Waals surface area contributed by atoms with Crippen LogP contribution in [0.25, 0.3) is 0 Å². The van der Waals surface area contributed by atoms with Crippen LogP contribution in [0.1, 0.15) is 12.5 Å². The van der Waals surface area contributed by atoms with Gasteiger partial charge >= 0.3 is 11.9 Å². The molecule has 0 aliphatic heterocycles. The molecule has 0 aliphatic carbocycles. The molecule has 0 fully saturated rings. The van der Waals surface area contributed by atoms with Crippen LogP contribution >= 0.6 is 0 Å². The van der Waals surface area contributed by atoms with Gasteiger partial charge in [-0.25, -0.2) is 4.79 Å². The molecule has 1 rings (SSSR count). The molecule has 0 atom stereocenters. The van der Waals surface area contributed by atoms with E-state index in [-0.39, 0.29) is 0 Å². The summed E-state index contributed by atoms with van der Waals surface area (Å²) >= 11 is 0. The number of methoxy groups -OCH3 is 1. The molecule has 4 nitrogen and oxygen atoms in total. The van der Waals surface area contributed by atoms with Crippen LogP contribution in [-0.2, 0) is 20.7 Å². The zero-order valence-electron chi connectivity index (χ0n) is 8.74. The Morgan fingerprint density at radius 1 is 1.27 bits per heavy atom. The zero-order valence-corrected chi connectivity index (χ0v) is 8.74. The number of anilines is 1. The fourth-order valence-electron chi connectivity index (χ4n) is 1.10. The number of hydrogen-bond acceptors (Lipinski definition) is 3. The van der Waals surface area contributed by atoms with Crippen LogP contribution in [0.5, 0.6) is 0 Å². The Hall–Kier alpha value is -1.84. The van der Waals surface area contributed by atoms with Crippen molar-refractivity contribution in [1.29, 1.82) is 0 Å². The molecule has 0 aromatic heterocycles. The number of rotatable bonds is 2. The molecule has 1 N–H and O–H groups in total. The number of hydrogen-bond donors (Lipinski definition) is 1. The summed E-state index contributed by atoms with van der Waals surface area (Å²) in [7, 11) is 1.17. The van der Waals surface area contributed by atoms with E-state index in [0.29, 0.717) is 5.69 Å². The molecule has 1 aromatic carbocycles. The zero-order chi connectivity index (χ0) is 11.3. The molecule has 4 heteroatoms. The number of nitrogens with one attached hydrogen (secondary N) is 1. The molecule has 0 bridgehead atoms. The minimum absolute atomic E-state index is 0.586. The molecule has 0 heterocycles. The van der Waals surface area contributed by atoms with E-state index in [4.69, 9.17) is 0 Å². The van der Waals surface area contributed by atoms with Crippen molar-refractivity contribution in [2.24, 2.45) is 0 Å². The minimum Gasteiger partial charge on any atom is -0.462 e. The van der Waals surface area contributed by atoms with Crippen LogP contribution in [-0.4, -0.2) is 19.0 Å². The number of benzene rings is 1. The maximum absolute atomic E-state index is 11.1. The van der Waals surface area contributed by atoms with Crippen LogP contribution in [0.4, 0.5) is 5.69 Å². The van der Waals surface area contributed by atoms with Crippen molar-refractivity contribution < 1.29 is 14.3 Å². The monoisotopic (exact) mass is 207 g/mol. The van der Waals surface area contributed by atoms with Gasteiger partial charge in [0.25, 0.3) is 0 Å². The summed E-state index contributed by atoms with van der Waals surface area (Å²) in [6.45, 7) is 2.04. The summed E-state index contributed by atoms with van der Waals surface area (Å²) in [4.78, 5) is 21.9. The Bertz CT molecular complexity index is 357. The van der Waals surface area contributed by atoms with Gasteiger partial charge in [0.05, 0.1) is 7.11 Å². The van der Waals surface area contributed by atoms with Gasteiger partial charge in [-0.3, -0.25) is 4.79 Å². The summed E-state index contributed by atoms with van der Waals surface area (Å²) in [5.41, 5.74) is 1.76. The third-order valence-electron chi connectivity index (χ3n) is 1.99. The second-order valence-electron chi connectivity index (χ2n) is 3.00. The highest BCUT2D eigenvalue weighted by molar-refractivity contribution is 6.37. The number of carbonyl (C=O) groups excluding carboxylic acids is 2. The van der Waals surface area contributed by atoms with Crippen LogP contribution in [0.15, 0.2) is 24.3 Å². The van der Waals surface area contributed by atoms with E-state index >= 15 is 0 Å². The lowest BCUT2D eigenvalue weighted by atomic mass is 10.1. The highest BCUT2D eigenvalue weighted by Gasteiger charge is 2.13. The molecule has 0 saturated carbocycles. The van der Waals surface area contributed by atoms with Crippen molar-refractivity contribution in [1.82, 2.24) is 0 Å². The van der Waals surface area contributed by atoms with Crippen molar-refractivity contribution in [3.8, 4) is 0 Å². The van der Waals surface area contributed by atoms with Crippen LogP contribution in [0, 0.1) is 0 Å². The van der Waals surface area contributed by atoms with Gasteiger partial charge < -0.3 is 10.1 Å². The van der Waals surface area contributed by atoms with E-state index < -0.39 is 11.9 Å². The summed E-state index contributed by atoms with van der Waals surface area (Å²) in [6.07, 6.45) is 0.936. The van der Waals surface area contributed by atoms with E-state index in [0.717, 1.165) is 6.42 Å². The van der Waals surface area contributed by atoms with Crippen LogP contribution in [0.2, 0.25) is 0 Å². The first-order valence-corrected chi connectivity index (χ1v) is 4.65. The number of aryl methyl sites for hydroxylation is 1. The summed E-state index contributed by atoms with van der Waals surface area (Å²) in [6, 6.07) is 7.29. The second kappa shape index (κ2) is 5.14. The molecule has 0 unspecified atom stereocenters. The molecule has 0 saturated heterocycles. The average molecular weight is 207 g/mol. The summed E-state index contributed by atoms with van der Waals surface area (Å²) < 4.78 is 4.28. The van der Waals surface area contributed by atoms with E-state index in [1.54, 1.807) is 12.1 Å². The Kier molecular flexibility index (Phi) is 3.85. The van der Waals surface area contributed by atoms with Crippen molar-refractivity contribution in [3.05, 3.63) is 29.8 Å². The molecular formula is C11H13NO3. The maximum Gasteiger partial charge on any atom is 0.396 e. The molecule has 1 aromatic rings. The lowest BCUT2D eigenvalue weighted by molar-refractivity contribution is -0.150. The number of amides is 1. The smallest absolute Gasteiger partial charge is 0.396 e. The predicted molar refractivity (Wildman–Crippen MR) is 56.5 cm³/mol. The maximum atomic E-state index is 11.1. The third kappa shape index (κ3) is 3.09. The van der Waals surface area contributed by atoms with E-state index in [1.165, 1.54) is 12.7 Å². The van der Waals surface area contributed by atoms with Gasteiger partial charge in [0.1, 0.15) is 0 Å². The Labute approximate surface area is 88.2 Å². The number of ether oxygens (including phenoxy) is 1. The van der Waals surface area contributed by atoms with Gasteiger partial charge in [0.2, 0.25) is 0 Å². The van der Waals surface area contributed by atoms with Gasteiger partial charge in [-0.05, 0) is 24.1 Å². The van der Waals surface area contributed by atoms with E-state index in [9.17, 15) is 9.59 Å². The first-order chi connectivity index (χ1) is 7.17. The first kappa shape index (κ1) is 11.2. The quantitative estimate of drug-likeness (QED) is 0.588. The molecule has 1 amide bonds. The van der Waals surface area contributed by atoms with E-state index in [2.05, 4.69) is 10.1 Å². The molecule has 0 aliphatic rings. The largest absolute Gasteiger partial charge is 0.462 e. The third-order valence-corrected chi connectivity index (χ3v) is 1.99. The Morgan fingerprint density at radius 3 is 2.33 bits per heavy atom. The Morgan fingerprint density at radius 2 is 1.87 bits per heavy atom. The molecule has 0 spiro atoms. The van der Waals surface area contributed by atoms with Gasteiger partial charge in [-0.2, -0.15) is 0 Å². The Balaban J connectivity index is 2.65. The first-order valence-electron chi connectivity index (χ1n) is 4.65. The van der Waals surface area contributed by atoms with Crippen molar-refractivity contribution in [2.75, 3.05) is 12.4 Å². The van der Waals surface area contributed by atoms with Crippen molar-refractivity contribution >= 4 is 17.6 Å². The standard InChI is InChI=1S/C11H13NO3/c1-3-8-4-6-9(7-5-8)12-10(13)11(14)15-2/h4-7H,3H2,1-2H3,(H,12,13). The minimum atomic E-state index is -0.894. The fraction of sp³-hybridized carbons (Fsp3) is 0.273. The number of esters is 1. The molecule has 0 radical (unpaired) electrons. The fourth-order valence-corrected chi connectivity index (χ4v) is 1.10. The van der Waals surface area contributed by atoms with E-state index in [1.807, 2.05) is 19.1 Å². The van der Waals surface area contributed by atoms with Crippen molar-refractivity contribution in [3.63, 3.8) is 0 Å². The molecule has 15 heavy (non-hydrogen) atoms. The van der Waals surface area contributed by atoms with Gasteiger partial charge in [-0.1, -0.05) is 19.1 Å². The van der Waals surface area contributed by atoms with Crippen LogP contribution < -0.4 is 5.32 Å². The van der Waals surface area contributed by atoms with Gasteiger partial charge in [-0.15, -0.1) is 0 Å². The molecular weight excluding hydrogens is 194 g/mol. The number of carbonyl (C=O) groups is 2. The molecule has 80 valence electrons. The SMILES string of the molecule is CCc1ccc(NC(=O)C(=O)OC)cc1.